The molecule has 0 bridgehead atoms. The number of rotatable bonds is 7. The highest BCUT2D eigenvalue weighted by molar-refractivity contribution is 7.09. The Hall–Kier alpha value is -2.21. The molecule has 2 fully saturated rings. The van der Waals surface area contributed by atoms with Gasteiger partial charge in [-0.1, -0.05) is 19.1 Å². The van der Waals surface area contributed by atoms with Crippen LogP contribution in [0.25, 0.3) is 0 Å². The average molecular weight is 412 g/mol. The summed E-state index contributed by atoms with van der Waals surface area (Å²) in [4.78, 5) is 31.4. The monoisotopic (exact) mass is 411 g/mol. The Kier molecular flexibility index (Phi) is 6.28. The minimum atomic E-state index is 0.122. The van der Waals surface area contributed by atoms with Gasteiger partial charge in [-0.3, -0.25) is 9.59 Å². The minimum absolute atomic E-state index is 0.122. The highest BCUT2D eigenvalue weighted by atomic mass is 32.1. The Balaban J connectivity index is 1.32. The predicted molar refractivity (Wildman–Crippen MR) is 115 cm³/mol. The van der Waals surface area contributed by atoms with Crippen LogP contribution in [-0.2, 0) is 17.6 Å². The second-order valence-electron chi connectivity index (χ2n) is 8.13. The van der Waals surface area contributed by atoms with E-state index in [0.717, 1.165) is 67.9 Å². The average Bonchev–Trinajstić information content (AvgIpc) is 3.52. The van der Waals surface area contributed by atoms with Crippen LogP contribution in [0.3, 0.4) is 0 Å². The maximum Gasteiger partial charge on any atom is 0.253 e. The summed E-state index contributed by atoms with van der Waals surface area (Å²) in [6, 6.07) is 7.98. The molecule has 2 amide bonds. The van der Waals surface area contributed by atoms with Crippen molar-refractivity contribution in [1.29, 1.82) is 0 Å². The van der Waals surface area contributed by atoms with Crippen LogP contribution in [0.2, 0.25) is 0 Å². The number of thiazole rings is 1. The molecule has 1 saturated carbocycles. The Bertz CT molecular complexity index is 857. The fraction of sp³-hybridized carbons (Fsp3) is 0.522. The van der Waals surface area contributed by atoms with E-state index in [0.29, 0.717) is 12.5 Å². The maximum absolute atomic E-state index is 12.9. The third kappa shape index (κ3) is 5.04. The van der Waals surface area contributed by atoms with Crippen molar-refractivity contribution in [3.8, 4) is 0 Å². The van der Waals surface area contributed by atoms with Gasteiger partial charge in [-0.25, -0.2) is 4.98 Å². The molecule has 2 heterocycles. The maximum atomic E-state index is 12.9. The molecule has 6 heteroatoms. The second kappa shape index (κ2) is 9.08. The van der Waals surface area contributed by atoms with E-state index in [4.69, 9.17) is 4.98 Å². The van der Waals surface area contributed by atoms with E-state index in [1.807, 2.05) is 29.2 Å². The molecule has 0 radical (unpaired) electrons. The van der Waals surface area contributed by atoms with Gasteiger partial charge in [0.05, 0.1) is 10.7 Å². The first-order chi connectivity index (χ1) is 14.1. The number of piperidine rings is 1. The summed E-state index contributed by atoms with van der Waals surface area (Å²) in [5, 5.41) is 6.22. The molecule has 2 aromatic rings. The topological polar surface area (TPSA) is 62.3 Å². The Morgan fingerprint density at radius 3 is 2.72 bits per heavy atom. The predicted octanol–water partition coefficient (Wildman–Crippen LogP) is 3.79. The van der Waals surface area contributed by atoms with Crippen molar-refractivity contribution in [3.63, 3.8) is 0 Å². The molecule has 1 aliphatic heterocycles. The molecule has 154 valence electrons. The zero-order valence-corrected chi connectivity index (χ0v) is 17.8. The fourth-order valence-corrected chi connectivity index (χ4v) is 4.84. The standard InChI is InChI=1S/C23H29N3O2S/c1-2-16-5-7-18(8-6-16)23(28)26-13-3-4-19(14-26)22-25-20(15-29-22)11-12-24-21(27)17-9-10-17/h5-8,15,17,19H,2-4,9-14H2,1H3,(H,24,27)/t19-/m1/s1. The smallest absolute Gasteiger partial charge is 0.253 e. The molecular formula is C23H29N3O2S. The van der Waals surface area contributed by atoms with Crippen LogP contribution >= 0.6 is 11.3 Å². The SMILES string of the molecule is CCc1ccc(C(=O)N2CCC[C@@H](c3nc(CCNC(=O)C4CC4)cs3)C2)cc1. The van der Waals surface area contributed by atoms with E-state index in [1.54, 1.807) is 11.3 Å². The van der Waals surface area contributed by atoms with Crippen molar-refractivity contribution in [1.82, 2.24) is 15.2 Å². The fourth-order valence-electron chi connectivity index (χ4n) is 3.86. The van der Waals surface area contributed by atoms with Gasteiger partial charge in [0, 0.05) is 48.8 Å². The first-order valence-corrected chi connectivity index (χ1v) is 11.6. The summed E-state index contributed by atoms with van der Waals surface area (Å²) in [7, 11) is 0. The van der Waals surface area contributed by atoms with Crippen LogP contribution in [0.15, 0.2) is 29.6 Å². The van der Waals surface area contributed by atoms with Crippen LogP contribution < -0.4 is 5.32 Å². The number of nitrogens with zero attached hydrogens (tertiary/aromatic N) is 2. The number of likely N-dealkylation sites (tertiary alicyclic amines) is 1. The number of amides is 2. The Morgan fingerprint density at radius 1 is 1.21 bits per heavy atom. The molecule has 4 rings (SSSR count). The van der Waals surface area contributed by atoms with E-state index in [9.17, 15) is 9.59 Å². The number of aromatic nitrogens is 1. The van der Waals surface area contributed by atoms with Crippen molar-refractivity contribution < 1.29 is 9.59 Å². The zero-order valence-electron chi connectivity index (χ0n) is 17.0. The molecule has 1 aromatic heterocycles. The van der Waals surface area contributed by atoms with Gasteiger partial charge in [0.25, 0.3) is 5.91 Å². The van der Waals surface area contributed by atoms with E-state index in [-0.39, 0.29) is 17.7 Å². The first kappa shape index (κ1) is 20.1. The van der Waals surface area contributed by atoms with Gasteiger partial charge in [-0.05, 0) is 49.8 Å². The highest BCUT2D eigenvalue weighted by Crippen LogP contribution is 2.30. The van der Waals surface area contributed by atoms with E-state index in [1.165, 1.54) is 5.56 Å². The largest absolute Gasteiger partial charge is 0.355 e. The molecule has 5 nitrogen and oxygen atoms in total. The quantitative estimate of drug-likeness (QED) is 0.754. The molecular weight excluding hydrogens is 382 g/mol. The number of hydrogen-bond donors (Lipinski definition) is 1. The van der Waals surface area contributed by atoms with Crippen molar-refractivity contribution in [3.05, 3.63) is 51.5 Å². The van der Waals surface area contributed by atoms with Gasteiger partial charge in [0.15, 0.2) is 0 Å². The highest BCUT2D eigenvalue weighted by Gasteiger charge is 2.29. The summed E-state index contributed by atoms with van der Waals surface area (Å²) in [6.45, 7) is 4.33. The summed E-state index contributed by atoms with van der Waals surface area (Å²) >= 11 is 1.69. The number of carbonyl (C=O) groups excluding carboxylic acids is 2. The molecule has 1 atom stereocenters. The number of hydrogen-bond acceptors (Lipinski definition) is 4. The van der Waals surface area contributed by atoms with Crippen molar-refractivity contribution >= 4 is 23.2 Å². The zero-order chi connectivity index (χ0) is 20.2. The molecule has 1 N–H and O–H groups in total. The van der Waals surface area contributed by atoms with Crippen LogP contribution in [-0.4, -0.2) is 41.3 Å². The van der Waals surface area contributed by atoms with Crippen LogP contribution in [0, 0.1) is 5.92 Å². The third-order valence-electron chi connectivity index (χ3n) is 5.87. The normalized spacial score (nSPS) is 19.2. The second-order valence-corrected chi connectivity index (χ2v) is 9.02. The summed E-state index contributed by atoms with van der Waals surface area (Å²) in [6.07, 6.45) is 5.91. The number of carbonyl (C=O) groups is 2. The Labute approximate surface area is 176 Å². The van der Waals surface area contributed by atoms with Crippen LogP contribution in [0.4, 0.5) is 0 Å². The van der Waals surface area contributed by atoms with Crippen molar-refractivity contribution in [2.45, 2.75) is 51.4 Å². The van der Waals surface area contributed by atoms with Gasteiger partial charge in [-0.2, -0.15) is 0 Å². The van der Waals surface area contributed by atoms with E-state index in [2.05, 4.69) is 17.6 Å². The van der Waals surface area contributed by atoms with Crippen LogP contribution in [0.1, 0.15) is 65.1 Å². The molecule has 1 saturated heterocycles. The van der Waals surface area contributed by atoms with Gasteiger partial charge >= 0.3 is 0 Å². The molecule has 2 aliphatic rings. The van der Waals surface area contributed by atoms with Gasteiger partial charge in [0.2, 0.25) is 5.91 Å². The van der Waals surface area contributed by atoms with E-state index >= 15 is 0 Å². The lowest BCUT2D eigenvalue weighted by Gasteiger charge is -2.32. The summed E-state index contributed by atoms with van der Waals surface area (Å²) in [5.41, 5.74) is 3.07. The third-order valence-corrected chi connectivity index (χ3v) is 6.92. The molecule has 0 unspecified atom stereocenters. The lowest BCUT2D eigenvalue weighted by molar-refractivity contribution is -0.122. The Morgan fingerprint density at radius 2 is 2.00 bits per heavy atom. The summed E-state index contributed by atoms with van der Waals surface area (Å²) in [5.74, 6) is 0.873. The number of nitrogens with one attached hydrogen (secondary N) is 1. The van der Waals surface area contributed by atoms with Gasteiger partial charge < -0.3 is 10.2 Å². The number of benzene rings is 1. The minimum Gasteiger partial charge on any atom is -0.355 e. The van der Waals surface area contributed by atoms with Gasteiger partial charge in [0.1, 0.15) is 0 Å². The molecule has 1 aromatic carbocycles. The lowest BCUT2D eigenvalue weighted by Crippen LogP contribution is -2.39. The van der Waals surface area contributed by atoms with Crippen molar-refractivity contribution in [2.24, 2.45) is 5.92 Å². The molecule has 29 heavy (non-hydrogen) atoms. The lowest BCUT2D eigenvalue weighted by atomic mass is 9.97. The van der Waals surface area contributed by atoms with Crippen LogP contribution in [0.5, 0.6) is 0 Å². The van der Waals surface area contributed by atoms with E-state index < -0.39 is 0 Å². The number of aryl methyl sites for hydroxylation is 1. The summed E-state index contributed by atoms with van der Waals surface area (Å²) < 4.78 is 0. The molecule has 0 spiro atoms. The molecule has 1 aliphatic carbocycles. The van der Waals surface area contributed by atoms with Gasteiger partial charge in [-0.15, -0.1) is 11.3 Å². The first-order valence-electron chi connectivity index (χ1n) is 10.7. The van der Waals surface area contributed by atoms with Crippen molar-refractivity contribution in [2.75, 3.05) is 19.6 Å².